The number of hydrogen-bond donors (Lipinski definition) is 0. The Morgan fingerprint density at radius 3 is 1.29 bits per heavy atom. The number of hydrogen-bond acceptors (Lipinski definition) is 8. The molecule has 2 atom stereocenters. The van der Waals surface area contributed by atoms with E-state index in [0.717, 1.165) is 35.8 Å². The maximum absolute atomic E-state index is 6.16. The molecule has 10 heteroatoms. The van der Waals surface area contributed by atoms with Gasteiger partial charge in [0, 0.05) is 16.9 Å². The van der Waals surface area contributed by atoms with Gasteiger partial charge in [-0.2, -0.15) is 0 Å². The molecule has 0 aliphatic rings. The SMILES string of the molecule is CCCSP(=S)(OCC)Oc1ccc(C(C)(C)c2ccc(OP(=S)(OCC)SCCC)cc2)cc1. The number of benzene rings is 2. The largest absolute Gasteiger partial charge is 0.436 e. The summed E-state index contributed by atoms with van der Waals surface area (Å²) in [7, 11) is 0. The second-order valence-electron chi connectivity index (χ2n) is 8.25. The van der Waals surface area contributed by atoms with E-state index in [0.29, 0.717) is 13.2 Å². The first-order chi connectivity index (χ1) is 16.6. The Bertz CT molecular complexity index is 918. The van der Waals surface area contributed by atoms with Gasteiger partial charge in [0.15, 0.2) is 0 Å². The highest BCUT2D eigenvalue weighted by Gasteiger charge is 2.26. The molecule has 0 aromatic heterocycles. The minimum absolute atomic E-state index is 0.203. The van der Waals surface area contributed by atoms with Crippen molar-refractivity contribution in [3.05, 3.63) is 59.7 Å². The van der Waals surface area contributed by atoms with E-state index in [1.807, 2.05) is 38.1 Å². The normalized spacial score (nSPS) is 15.3. The third kappa shape index (κ3) is 9.65. The van der Waals surface area contributed by atoms with Crippen LogP contribution in [-0.4, -0.2) is 24.7 Å². The predicted octanol–water partition coefficient (Wildman–Crippen LogP) is 9.58. The van der Waals surface area contributed by atoms with Crippen molar-refractivity contribution in [1.29, 1.82) is 0 Å². The summed E-state index contributed by atoms with van der Waals surface area (Å²) in [5.41, 5.74) is -2.62. The minimum atomic E-state index is -2.39. The molecule has 0 N–H and O–H groups in total. The zero-order valence-corrected chi connectivity index (χ0v) is 26.6. The average Bonchev–Trinajstić information content (AvgIpc) is 2.82. The highest BCUT2D eigenvalue weighted by molar-refractivity contribution is 8.68. The molecule has 196 valence electrons. The second-order valence-corrected chi connectivity index (χ2v) is 21.0. The van der Waals surface area contributed by atoms with Gasteiger partial charge in [-0.3, -0.25) is 0 Å². The summed E-state index contributed by atoms with van der Waals surface area (Å²) in [6.45, 7) is 13.7. The van der Waals surface area contributed by atoms with Gasteiger partial charge in [-0.25, -0.2) is 0 Å². The van der Waals surface area contributed by atoms with Gasteiger partial charge < -0.3 is 18.1 Å². The summed E-state index contributed by atoms with van der Waals surface area (Å²) in [5, 5.41) is 0. The molecule has 0 aliphatic heterocycles. The molecule has 0 saturated heterocycles. The fraction of sp³-hybridized carbons (Fsp3) is 0.520. The Hall–Kier alpha value is -0.0400. The van der Waals surface area contributed by atoms with Crippen LogP contribution in [0.5, 0.6) is 11.5 Å². The summed E-state index contributed by atoms with van der Waals surface area (Å²) in [4.78, 5) is 0. The third-order valence-corrected chi connectivity index (χ3v) is 15.9. The van der Waals surface area contributed by atoms with E-state index in [2.05, 4.69) is 52.0 Å². The zero-order valence-electron chi connectivity index (χ0n) is 21.5. The van der Waals surface area contributed by atoms with Crippen molar-refractivity contribution in [1.82, 2.24) is 0 Å². The second kappa shape index (κ2) is 14.8. The molecular weight excluding hydrogens is 554 g/mol. The lowest BCUT2D eigenvalue weighted by Crippen LogP contribution is -2.18. The van der Waals surface area contributed by atoms with E-state index in [1.165, 1.54) is 11.1 Å². The van der Waals surface area contributed by atoms with Crippen LogP contribution >= 0.6 is 34.2 Å². The maximum atomic E-state index is 6.16. The minimum Gasteiger partial charge on any atom is -0.436 e. The first kappa shape index (κ1) is 31.2. The van der Waals surface area contributed by atoms with Gasteiger partial charge in [0.1, 0.15) is 11.5 Å². The van der Waals surface area contributed by atoms with Crippen molar-refractivity contribution >= 4 is 57.8 Å². The Balaban J connectivity index is 2.15. The standard InChI is InChI=1S/C25H38O4P2S4/c1-7-19-34-30(32,26-9-3)28-23-15-11-21(12-16-23)25(5,6)22-13-17-24(18-14-22)29-31(33,27-10-4)35-20-8-2/h11-18H,7-10,19-20H2,1-6H3. The predicted molar refractivity (Wildman–Crippen MR) is 164 cm³/mol. The molecule has 0 amide bonds. The lowest BCUT2D eigenvalue weighted by Gasteiger charge is -2.27. The summed E-state index contributed by atoms with van der Waals surface area (Å²) in [6, 6.07) is 16.4. The molecule has 2 aromatic rings. The Kier molecular flexibility index (Phi) is 13.2. The molecule has 4 nitrogen and oxygen atoms in total. The molecular formula is C25H38O4P2S4. The van der Waals surface area contributed by atoms with Crippen molar-refractivity contribution in [2.75, 3.05) is 24.7 Å². The van der Waals surface area contributed by atoms with Crippen LogP contribution in [0.25, 0.3) is 0 Å². The Labute approximate surface area is 230 Å². The fourth-order valence-corrected chi connectivity index (χ4v) is 12.6. The van der Waals surface area contributed by atoms with Crippen LogP contribution in [0, 0.1) is 0 Å². The Morgan fingerprint density at radius 1 is 0.657 bits per heavy atom. The van der Waals surface area contributed by atoms with Gasteiger partial charge in [-0.1, -0.05) is 74.7 Å². The molecule has 0 saturated carbocycles. The van der Waals surface area contributed by atoms with Crippen molar-refractivity contribution in [2.24, 2.45) is 0 Å². The highest BCUT2D eigenvalue weighted by atomic mass is 32.9. The molecule has 0 fully saturated rings. The van der Waals surface area contributed by atoms with Gasteiger partial charge in [0.25, 0.3) is 11.4 Å². The molecule has 0 bridgehead atoms. The highest BCUT2D eigenvalue weighted by Crippen LogP contribution is 2.61. The van der Waals surface area contributed by atoms with E-state index in [-0.39, 0.29) is 5.41 Å². The summed E-state index contributed by atoms with van der Waals surface area (Å²) in [5.74, 6) is 3.36. The van der Waals surface area contributed by atoms with Crippen LogP contribution in [0.4, 0.5) is 0 Å². The molecule has 2 unspecified atom stereocenters. The molecule has 2 rings (SSSR count). The maximum Gasteiger partial charge on any atom is 0.297 e. The first-order valence-corrected chi connectivity index (χ1v) is 20.5. The van der Waals surface area contributed by atoms with E-state index < -0.39 is 11.4 Å². The molecule has 35 heavy (non-hydrogen) atoms. The van der Waals surface area contributed by atoms with E-state index in [1.54, 1.807) is 22.8 Å². The Morgan fingerprint density at radius 2 is 1.00 bits per heavy atom. The van der Waals surface area contributed by atoms with Gasteiger partial charge in [0.2, 0.25) is 0 Å². The lowest BCUT2D eigenvalue weighted by atomic mass is 9.78. The van der Waals surface area contributed by atoms with Gasteiger partial charge in [0.05, 0.1) is 13.2 Å². The first-order valence-electron chi connectivity index (χ1n) is 12.0. The average molecular weight is 593 g/mol. The quantitative estimate of drug-likeness (QED) is 0.178. The fourth-order valence-electron chi connectivity index (χ4n) is 3.19. The third-order valence-electron chi connectivity index (χ3n) is 5.07. The summed E-state index contributed by atoms with van der Waals surface area (Å²) >= 11 is 14.7. The van der Waals surface area contributed by atoms with Crippen LogP contribution < -0.4 is 9.05 Å². The van der Waals surface area contributed by atoms with Crippen LogP contribution in [-0.2, 0) is 38.1 Å². The molecule has 0 heterocycles. The van der Waals surface area contributed by atoms with Gasteiger partial charge >= 0.3 is 0 Å². The van der Waals surface area contributed by atoms with Crippen molar-refractivity contribution in [2.45, 2.75) is 59.8 Å². The topological polar surface area (TPSA) is 36.9 Å². The molecule has 0 radical (unpaired) electrons. The zero-order chi connectivity index (χ0) is 26.0. The van der Waals surface area contributed by atoms with Crippen LogP contribution in [0.15, 0.2) is 48.5 Å². The molecule has 0 aliphatic carbocycles. The van der Waals surface area contributed by atoms with E-state index in [4.69, 9.17) is 41.7 Å². The molecule has 2 aromatic carbocycles. The number of rotatable bonds is 16. The molecule has 0 spiro atoms. The van der Waals surface area contributed by atoms with Crippen molar-refractivity contribution < 1.29 is 18.1 Å². The van der Waals surface area contributed by atoms with Gasteiger partial charge in [-0.15, -0.1) is 0 Å². The van der Waals surface area contributed by atoms with Gasteiger partial charge in [-0.05, 0) is 85.7 Å². The monoisotopic (exact) mass is 592 g/mol. The van der Waals surface area contributed by atoms with E-state index in [9.17, 15) is 0 Å². The smallest absolute Gasteiger partial charge is 0.297 e. The van der Waals surface area contributed by atoms with Crippen molar-refractivity contribution in [3.63, 3.8) is 0 Å². The summed E-state index contributed by atoms with van der Waals surface area (Å²) in [6.07, 6.45) is 2.07. The lowest BCUT2D eigenvalue weighted by molar-refractivity contribution is 0.344. The van der Waals surface area contributed by atoms with Crippen LogP contribution in [0.2, 0.25) is 0 Å². The van der Waals surface area contributed by atoms with Crippen LogP contribution in [0.3, 0.4) is 0 Å². The van der Waals surface area contributed by atoms with Crippen LogP contribution in [0.1, 0.15) is 65.5 Å². The van der Waals surface area contributed by atoms with E-state index >= 15 is 0 Å². The van der Waals surface area contributed by atoms with Crippen molar-refractivity contribution in [3.8, 4) is 11.5 Å². The summed E-state index contributed by atoms with van der Waals surface area (Å²) < 4.78 is 24.0.